The first-order valence-electron chi connectivity index (χ1n) is 18.5. The first-order chi connectivity index (χ1) is 27.4. The molecule has 0 aliphatic heterocycles. The van der Waals surface area contributed by atoms with E-state index in [0.29, 0.717) is 36.0 Å². The zero-order chi connectivity index (χ0) is 39.3. The van der Waals surface area contributed by atoms with E-state index in [1.807, 2.05) is 97.1 Å². The zero-order valence-corrected chi connectivity index (χ0v) is 32.1. The maximum absolute atomic E-state index is 13.0. The van der Waals surface area contributed by atoms with Crippen molar-refractivity contribution in [2.45, 2.75) is 38.5 Å². The van der Waals surface area contributed by atoms with Crippen LogP contribution in [0.3, 0.4) is 0 Å². The summed E-state index contributed by atoms with van der Waals surface area (Å²) >= 11 is 0. The fourth-order valence-electron chi connectivity index (χ4n) is 6.37. The van der Waals surface area contributed by atoms with E-state index in [1.165, 1.54) is 0 Å². The first-order valence-corrected chi connectivity index (χ1v) is 18.5. The number of carbonyl (C=O) groups excluding carboxylic acids is 2. The maximum Gasteiger partial charge on any atom is 0.227 e. The van der Waals surface area contributed by atoms with Crippen LogP contribution in [0.1, 0.15) is 37.2 Å². The molecule has 4 aromatic carbocycles. The number of nitrogens with zero attached hydrogens (tertiary/aromatic N) is 2. The van der Waals surface area contributed by atoms with Gasteiger partial charge in [0.15, 0.2) is 11.5 Å². The average molecular weight is 759 g/mol. The van der Waals surface area contributed by atoms with Crippen molar-refractivity contribution in [2.75, 3.05) is 41.5 Å². The minimum Gasteiger partial charge on any atom is -0.497 e. The van der Waals surface area contributed by atoms with Crippen molar-refractivity contribution >= 4 is 11.8 Å². The Morgan fingerprint density at radius 1 is 0.464 bits per heavy atom. The van der Waals surface area contributed by atoms with Gasteiger partial charge in [-0.25, -0.2) is 0 Å². The summed E-state index contributed by atoms with van der Waals surface area (Å²) in [4.78, 5) is 26.1. The number of unbranched alkanes of at least 4 members (excludes halogenated alkanes) is 3. The van der Waals surface area contributed by atoms with Gasteiger partial charge in [-0.05, 0) is 96.8 Å². The van der Waals surface area contributed by atoms with Crippen LogP contribution in [-0.4, -0.2) is 63.7 Å². The quantitative estimate of drug-likeness (QED) is 0.0781. The Kier molecular flexibility index (Phi) is 13.4. The van der Waals surface area contributed by atoms with Gasteiger partial charge in [-0.15, -0.1) is 0 Å². The summed E-state index contributed by atoms with van der Waals surface area (Å²) in [7, 11) is 6.47. The Labute approximate surface area is 326 Å². The van der Waals surface area contributed by atoms with Crippen molar-refractivity contribution < 1.29 is 37.6 Å². The molecule has 56 heavy (non-hydrogen) atoms. The molecule has 0 radical (unpaired) electrons. The molecule has 6 aromatic rings. The van der Waals surface area contributed by atoms with Crippen molar-refractivity contribution in [1.29, 1.82) is 0 Å². The number of hydrogen-bond donors (Lipinski definition) is 2. The predicted octanol–water partition coefficient (Wildman–Crippen LogP) is 7.94. The van der Waals surface area contributed by atoms with Crippen LogP contribution in [0.4, 0.5) is 0 Å². The second-order valence-corrected chi connectivity index (χ2v) is 13.0. The zero-order valence-electron chi connectivity index (χ0n) is 32.1. The fraction of sp³-hybridized carbons (Fsp3) is 0.273. The molecule has 290 valence electrons. The van der Waals surface area contributed by atoms with E-state index in [0.717, 1.165) is 82.1 Å². The standard InChI is InChI=1S/C44H46N4O8/c1-51-33-17-9-29(10-18-33)41-37(55-47-43(41)31-13-21-35(53-3)22-14-31)27-39(49)45-25-7-5-6-8-26-46-40(50)28-38-42(30-11-19-34(52-2)20-12-30)44(48-56-38)32-15-23-36(54-4)24-16-32/h9-24H,5-8,25-28H2,1-4H3,(H,45,49)(H,46,50). The Bertz CT molecular complexity index is 2020. The van der Waals surface area contributed by atoms with Gasteiger partial charge in [-0.3, -0.25) is 9.59 Å². The second-order valence-electron chi connectivity index (χ2n) is 13.0. The number of ether oxygens (including phenoxy) is 4. The number of methoxy groups -OCH3 is 4. The van der Waals surface area contributed by atoms with E-state index >= 15 is 0 Å². The molecule has 2 amide bonds. The largest absolute Gasteiger partial charge is 0.497 e. The SMILES string of the molecule is COc1ccc(-c2noc(CC(=O)NCCCCCCNC(=O)Cc3onc(-c4ccc(OC)cc4)c3-c3ccc(OC)cc3)c2-c2ccc(OC)cc2)cc1. The third kappa shape index (κ3) is 9.75. The van der Waals surface area contributed by atoms with E-state index in [-0.39, 0.29) is 24.7 Å². The molecule has 12 heteroatoms. The summed E-state index contributed by atoms with van der Waals surface area (Å²) < 4.78 is 32.8. The number of carbonyl (C=O) groups is 2. The number of rotatable bonds is 19. The molecule has 0 saturated carbocycles. The fourth-order valence-corrected chi connectivity index (χ4v) is 6.37. The van der Waals surface area contributed by atoms with Crippen LogP contribution in [-0.2, 0) is 22.4 Å². The van der Waals surface area contributed by atoms with Gasteiger partial charge < -0.3 is 38.6 Å². The molecule has 6 rings (SSSR count). The highest BCUT2D eigenvalue weighted by Crippen LogP contribution is 2.38. The van der Waals surface area contributed by atoms with Gasteiger partial charge >= 0.3 is 0 Å². The molecule has 0 atom stereocenters. The normalized spacial score (nSPS) is 10.9. The Balaban J connectivity index is 0.970. The first kappa shape index (κ1) is 39.1. The van der Waals surface area contributed by atoms with Crippen LogP contribution in [0, 0.1) is 0 Å². The molecule has 0 aliphatic rings. The molecule has 0 fully saturated rings. The molecule has 2 N–H and O–H groups in total. The highest BCUT2D eigenvalue weighted by molar-refractivity contribution is 5.88. The topological polar surface area (TPSA) is 147 Å². The molecule has 2 aromatic heterocycles. The summed E-state index contributed by atoms with van der Waals surface area (Å²) in [5, 5.41) is 14.7. The lowest BCUT2D eigenvalue weighted by molar-refractivity contribution is -0.121. The minimum absolute atomic E-state index is 0.0451. The predicted molar refractivity (Wildman–Crippen MR) is 213 cm³/mol. The summed E-state index contributed by atoms with van der Waals surface area (Å²) in [5.74, 6) is 3.57. The van der Waals surface area contributed by atoms with Gasteiger partial charge in [0.1, 0.15) is 34.4 Å². The summed E-state index contributed by atoms with van der Waals surface area (Å²) in [5.41, 5.74) is 6.22. The Morgan fingerprint density at radius 2 is 0.768 bits per heavy atom. The lowest BCUT2D eigenvalue weighted by atomic mass is 9.97. The Hall–Kier alpha value is -6.56. The maximum atomic E-state index is 13.0. The summed E-state index contributed by atoms with van der Waals surface area (Å²) in [6, 6.07) is 30.3. The van der Waals surface area contributed by atoms with Crippen LogP contribution in [0.2, 0.25) is 0 Å². The van der Waals surface area contributed by atoms with E-state index in [9.17, 15) is 9.59 Å². The Morgan fingerprint density at radius 3 is 1.07 bits per heavy atom. The lowest BCUT2D eigenvalue weighted by Crippen LogP contribution is -2.27. The van der Waals surface area contributed by atoms with Crippen molar-refractivity contribution in [1.82, 2.24) is 20.9 Å². The smallest absolute Gasteiger partial charge is 0.227 e. The average Bonchev–Trinajstić information content (AvgIpc) is 3.86. The molecule has 12 nitrogen and oxygen atoms in total. The van der Waals surface area contributed by atoms with Gasteiger partial charge in [-0.1, -0.05) is 47.4 Å². The van der Waals surface area contributed by atoms with Crippen molar-refractivity contribution in [3.05, 3.63) is 109 Å². The minimum atomic E-state index is -0.152. The van der Waals surface area contributed by atoms with E-state index in [2.05, 4.69) is 20.9 Å². The van der Waals surface area contributed by atoms with Gasteiger partial charge in [0.05, 0.1) is 52.4 Å². The molecule has 0 saturated heterocycles. The van der Waals surface area contributed by atoms with Crippen molar-refractivity contribution in [3.8, 4) is 67.8 Å². The molecule has 0 spiro atoms. The number of benzene rings is 4. The number of hydrogen-bond acceptors (Lipinski definition) is 10. The third-order valence-corrected chi connectivity index (χ3v) is 9.40. The summed E-state index contributed by atoms with van der Waals surface area (Å²) in [6.45, 7) is 1.05. The van der Waals surface area contributed by atoms with Crippen LogP contribution in [0.15, 0.2) is 106 Å². The number of aromatic nitrogens is 2. The van der Waals surface area contributed by atoms with Crippen LogP contribution >= 0.6 is 0 Å². The molecule has 0 unspecified atom stereocenters. The van der Waals surface area contributed by atoms with E-state index in [4.69, 9.17) is 28.0 Å². The van der Waals surface area contributed by atoms with Crippen LogP contribution in [0.5, 0.6) is 23.0 Å². The highest BCUT2D eigenvalue weighted by atomic mass is 16.5. The van der Waals surface area contributed by atoms with Crippen LogP contribution in [0.25, 0.3) is 44.8 Å². The molecule has 0 aliphatic carbocycles. The van der Waals surface area contributed by atoms with Gasteiger partial charge in [-0.2, -0.15) is 0 Å². The molecule has 2 heterocycles. The van der Waals surface area contributed by atoms with Crippen molar-refractivity contribution in [2.24, 2.45) is 0 Å². The van der Waals surface area contributed by atoms with Gasteiger partial charge in [0.2, 0.25) is 11.8 Å². The third-order valence-electron chi connectivity index (χ3n) is 9.40. The van der Waals surface area contributed by atoms with E-state index < -0.39 is 0 Å². The molecule has 0 bridgehead atoms. The van der Waals surface area contributed by atoms with Gasteiger partial charge in [0.25, 0.3) is 0 Å². The molecular formula is C44H46N4O8. The monoisotopic (exact) mass is 758 g/mol. The molecular weight excluding hydrogens is 713 g/mol. The number of nitrogens with one attached hydrogen (secondary N) is 2. The van der Waals surface area contributed by atoms with Crippen molar-refractivity contribution in [3.63, 3.8) is 0 Å². The number of amides is 2. The van der Waals surface area contributed by atoms with Gasteiger partial charge in [0, 0.05) is 24.2 Å². The summed E-state index contributed by atoms with van der Waals surface area (Å²) in [6.07, 6.45) is 3.48. The highest BCUT2D eigenvalue weighted by Gasteiger charge is 2.23. The second kappa shape index (κ2) is 19.2. The van der Waals surface area contributed by atoms with E-state index in [1.54, 1.807) is 28.4 Å². The lowest BCUT2D eigenvalue weighted by Gasteiger charge is -2.09. The van der Waals surface area contributed by atoms with Crippen LogP contribution < -0.4 is 29.6 Å².